The third-order valence-electron chi connectivity index (χ3n) is 8.25. The highest BCUT2D eigenvalue weighted by molar-refractivity contribution is 6.30. The fraction of sp³-hybridized carbons (Fsp3) is 0.520. The number of hydrogen-bond acceptors (Lipinski definition) is 6. The van der Waals surface area contributed by atoms with Crippen molar-refractivity contribution >= 4 is 17.4 Å². The second-order valence-electron chi connectivity index (χ2n) is 10.5. The van der Waals surface area contributed by atoms with E-state index in [2.05, 4.69) is 36.5 Å². The fourth-order valence-electron chi connectivity index (χ4n) is 6.65. The van der Waals surface area contributed by atoms with Gasteiger partial charge < -0.3 is 4.90 Å². The van der Waals surface area contributed by atoms with Crippen LogP contribution in [0.1, 0.15) is 61.7 Å². The maximum atomic E-state index is 6.43. The molecule has 2 aliphatic carbocycles. The predicted molar refractivity (Wildman–Crippen MR) is 127 cm³/mol. The summed E-state index contributed by atoms with van der Waals surface area (Å²) >= 11 is 6.43. The first-order valence-corrected chi connectivity index (χ1v) is 12.5. The Morgan fingerprint density at radius 3 is 2.64 bits per heavy atom. The number of hydrogen-bond donors (Lipinski definition) is 0. The Morgan fingerprint density at radius 2 is 1.85 bits per heavy atom. The summed E-state index contributed by atoms with van der Waals surface area (Å²) in [7, 11) is 0. The van der Waals surface area contributed by atoms with Crippen LogP contribution in [-0.4, -0.2) is 48.8 Å². The molecule has 3 aromatic rings. The number of benzene rings is 1. The molecule has 2 aliphatic heterocycles. The van der Waals surface area contributed by atoms with Crippen LogP contribution in [0.3, 0.4) is 0 Å². The van der Waals surface area contributed by atoms with Crippen molar-refractivity contribution < 1.29 is 0 Å². The summed E-state index contributed by atoms with van der Waals surface area (Å²) in [5.74, 6) is 3.65. The first-order valence-electron chi connectivity index (χ1n) is 12.2. The molecule has 4 aliphatic rings. The van der Waals surface area contributed by atoms with E-state index >= 15 is 0 Å². The van der Waals surface area contributed by atoms with Crippen LogP contribution in [-0.2, 0) is 13.1 Å². The Kier molecular flexibility index (Phi) is 4.53. The van der Waals surface area contributed by atoms with Gasteiger partial charge in [0.1, 0.15) is 11.6 Å². The lowest BCUT2D eigenvalue weighted by Crippen LogP contribution is -2.62. The van der Waals surface area contributed by atoms with Crippen LogP contribution >= 0.6 is 11.6 Å². The highest BCUT2D eigenvalue weighted by Crippen LogP contribution is 2.56. The van der Waals surface area contributed by atoms with Gasteiger partial charge in [-0.2, -0.15) is 0 Å². The quantitative estimate of drug-likeness (QED) is 0.577. The first kappa shape index (κ1) is 19.9. The summed E-state index contributed by atoms with van der Waals surface area (Å²) in [5.41, 5.74) is 2.89. The predicted octanol–water partition coefficient (Wildman–Crippen LogP) is 4.35. The van der Waals surface area contributed by atoms with E-state index in [9.17, 15) is 0 Å². The van der Waals surface area contributed by atoms with Crippen LogP contribution in [0.25, 0.3) is 5.69 Å². The molecule has 1 aromatic carbocycles. The van der Waals surface area contributed by atoms with Crippen molar-refractivity contribution in [2.24, 2.45) is 5.41 Å². The van der Waals surface area contributed by atoms with E-state index in [-0.39, 0.29) is 0 Å². The molecule has 0 unspecified atom stereocenters. The molecule has 4 heterocycles. The number of aromatic nitrogens is 5. The lowest BCUT2D eigenvalue weighted by Gasteiger charge is -2.59. The third kappa shape index (κ3) is 3.28. The molecule has 33 heavy (non-hydrogen) atoms. The maximum absolute atomic E-state index is 6.43. The summed E-state index contributed by atoms with van der Waals surface area (Å²) in [6.07, 6.45) is 12.9. The molecule has 0 radical (unpaired) electrons. The Labute approximate surface area is 198 Å². The molecule has 0 atom stereocenters. The third-order valence-corrected chi connectivity index (χ3v) is 8.48. The fourth-order valence-corrected chi connectivity index (χ4v) is 6.84. The zero-order valence-electron chi connectivity index (χ0n) is 18.7. The van der Waals surface area contributed by atoms with E-state index in [0.717, 1.165) is 61.5 Å². The summed E-state index contributed by atoms with van der Waals surface area (Å²) in [5, 5.41) is 10.3. The van der Waals surface area contributed by atoms with Gasteiger partial charge in [0.25, 0.3) is 0 Å². The summed E-state index contributed by atoms with van der Waals surface area (Å²) in [4.78, 5) is 13.6. The van der Waals surface area contributed by atoms with Gasteiger partial charge in [0.2, 0.25) is 0 Å². The van der Waals surface area contributed by atoms with Gasteiger partial charge in [0, 0.05) is 54.4 Å². The minimum atomic E-state index is 0.387. The second kappa shape index (κ2) is 7.50. The summed E-state index contributed by atoms with van der Waals surface area (Å²) < 4.78 is 2.36. The number of fused-ring (bicyclic) bond motifs is 3. The molecule has 8 heteroatoms. The minimum absolute atomic E-state index is 0.387. The van der Waals surface area contributed by atoms with Crippen LogP contribution in [0.4, 0.5) is 5.82 Å². The standard InChI is InChI=1S/C25H28ClN7/c26-19-5-6-21-17(9-19)13-31(20-3-1-2-4-20)14-23-29-30-24(33(21)23)18-10-25(11-18)15-32(16-25)22-12-27-7-8-28-22/h5-9,12,18,20H,1-4,10-11,13-16H2. The Hall–Kier alpha value is -2.51. The molecule has 7 rings (SSSR count). The SMILES string of the molecule is Clc1ccc2c(c1)CN(C1CCCC1)Cc1nnc(C3CC4(C3)CN(c3cnccn3)C4)n1-2. The molecule has 0 amide bonds. The largest absolute Gasteiger partial charge is 0.354 e. The number of anilines is 1. The topological polar surface area (TPSA) is 63.0 Å². The van der Waals surface area contributed by atoms with Gasteiger partial charge in [-0.25, -0.2) is 4.98 Å². The molecule has 1 saturated heterocycles. The van der Waals surface area contributed by atoms with E-state index in [1.165, 1.54) is 36.9 Å². The number of halogens is 1. The van der Waals surface area contributed by atoms with Crippen LogP contribution < -0.4 is 4.90 Å². The van der Waals surface area contributed by atoms with Gasteiger partial charge in [-0.05, 0) is 49.4 Å². The van der Waals surface area contributed by atoms with Gasteiger partial charge in [0.05, 0.1) is 18.4 Å². The van der Waals surface area contributed by atoms with Crippen LogP contribution in [0.5, 0.6) is 0 Å². The molecule has 3 fully saturated rings. The zero-order chi connectivity index (χ0) is 22.0. The van der Waals surface area contributed by atoms with E-state index in [0.29, 0.717) is 17.4 Å². The molecule has 1 spiro atoms. The maximum Gasteiger partial charge on any atom is 0.151 e. The van der Waals surface area contributed by atoms with Crippen molar-refractivity contribution in [2.75, 3.05) is 18.0 Å². The van der Waals surface area contributed by atoms with E-state index in [1.54, 1.807) is 12.4 Å². The Bertz CT molecular complexity index is 1170. The molecule has 170 valence electrons. The molecule has 7 nitrogen and oxygen atoms in total. The monoisotopic (exact) mass is 461 g/mol. The van der Waals surface area contributed by atoms with Gasteiger partial charge >= 0.3 is 0 Å². The molecule has 0 bridgehead atoms. The molecule has 2 aromatic heterocycles. The summed E-state index contributed by atoms with van der Waals surface area (Å²) in [6, 6.07) is 6.95. The van der Waals surface area contributed by atoms with Gasteiger partial charge in [-0.3, -0.25) is 14.5 Å². The molecule has 0 N–H and O–H groups in total. The lowest BCUT2D eigenvalue weighted by atomic mass is 9.57. The zero-order valence-corrected chi connectivity index (χ0v) is 19.5. The van der Waals surface area contributed by atoms with Crippen molar-refractivity contribution in [3.8, 4) is 5.69 Å². The van der Waals surface area contributed by atoms with Gasteiger partial charge in [-0.1, -0.05) is 24.4 Å². The normalized spacial score (nSPS) is 22.5. The second-order valence-corrected chi connectivity index (χ2v) is 10.9. The number of rotatable bonds is 3. The van der Waals surface area contributed by atoms with Gasteiger partial charge in [0.15, 0.2) is 5.82 Å². The highest BCUT2D eigenvalue weighted by atomic mass is 35.5. The van der Waals surface area contributed by atoms with Gasteiger partial charge in [-0.15, -0.1) is 10.2 Å². The van der Waals surface area contributed by atoms with E-state index < -0.39 is 0 Å². The smallest absolute Gasteiger partial charge is 0.151 e. The van der Waals surface area contributed by atoms with Crippen molar-refractivity contribution in [3.63, 3.8) is 0 Å². The molecule has 2 saturated carbocycles. The van der Waals surface area contributed by atoms with Crippen molar-refractivity contribution in [2.45, 2.75) is 63.6 Å². The average molecular weight is 462 g/mol. The number of nitrogens with zero attached hydrogens (tertiary/aromatic N) is 7. The van der Waals surface area contributed by atoms with Crippen molar-refractivity contribution in [1.82, 2.24) is 29.6 Å². The molecular weight excluding hydrogens is 434 g/mol. The average Bonchev–Trinajstić information content (AvgIpc) is 3.41. The van der Waals surface area contributed by atoms with Crippen LogP contribution in [0, 0.1) is 5.41 Å². The van der Waals surface area contributed by atoms with Crippen LogP contribution in [0.2, 0.25) is 5.02 Å². The van der Waals surface area contributed by atoms with Crippen molar-refractivity contribution in [1.29, 1.82) is 0 Å². The first-order chi connectivity index (χ1) is 16.2. The van der Waals surface area contributed by atoms with E-state index in [1.807, 2.05) is 12.3 Å². The lowest BCUT2D eigenvalue weighted by molar-refractivity contribution is 0.0581. The Balaban J connectivity index is 1.16. The van der Waals surface area contributed by atoms with Crippen molar-refractivity contribution in [3.05, 3.63) is 59.0 Å². The Morgan fingerprint density at radius 1 is 1.00 bits per heavy atom. The van der Waals surface area contributed by atoms with Crippen LogP contribution in [0.15, 0.2) is 36.8 Å². The highest BCUT2D eigenvalue weighted by Gasteiger charge is 2.54. The molecular formula is C25H28ClN7. The summed E-state index contributed by atoms with van der Waals surface area (Å²) in [6.45, 7) is 3.92. The minimum Gasteiger partial charge on any atom is -0.354 e. The van der Waals surface area contributed by atoms with E-state index in [4.69, 9.17) is 21.8 Å².